The number of furan rings is 1. The molecule has 1 unspecified atom stereocenters. The molecule has 0 aliphatic rings. The Balaban J connectivity index is 1.98. The Bertz CT molecular complexity index is 569. The molecule has 2 N–H and O–H groups in total. The Morgan fingerprint density at radius 2 is 2.16 bits per heavy atom. The van der Waals surface area contributed by atoms with E-state index in [4.69, 9.17) is 4.42 Å². The van der Waals surface area contributed by atoms with Gasteiger partial charge in [-0.3, -0.25) is 4.79 Å². The lowest BCUT2D eigenvalue weighted by Crippen LogP contribution is -2.29. The minimum atomic E-state index is -1.03. The van der Waals surface area contributed by atoms with E-state index >= 15 is 0 Å². The number of carbonyl (C=O) groups excluding carboxylic acids is 1. The minimum Gasteiger partial charge on any atom is -0.467 e. The molecular weight excluding hydrogens is 256 g/mol. The van der Waals surface area contributed by atoms with Gasteiger partial charge in [-0.25, -0.2) is 8.78 Å². The molecule has 0 fully saturated rings. The first-order valence-electron chi connectivity index (χ1n) is 5.52. The van der Waals surface area contributed by atoms with Gasteiger partial charge < -0.3 is 14.8 Å². The number of halogens is 2. The van der Waals surface area contributed by atoms with E-state index in [1.807, 2.05) is 0 Å². The predicted octanol–water partition coefficient (Wildman–Crippen LogP) is 2.02. The number of carbonyl (C=O) groups is 1. The molecule has 1 atom stereocenters. The van der Waals surface area contributed by atoms with E-state index in [2.05, 4.69) is 5.32 Å². The summed E-state index contributed by atoms with van der Waals surface area (Å²) in [6.07, 6.45) is 0.363. The van der Waals surface area contributed by atoms with Crippen LogP contribution in [0, 0.1) is 11.6 Å². The van der Waals surface area contributed by atoms with Gasteiger partial charge in [-0.2, -0.15) is 0 Å². The van der Waals surface area contributed by atoms with Crippen molar-refractivity contribution in [2.75, 3.05) is 6.54 Å². The molecule has 0 bridgehead atoms. The van der Waals surface area contributed by atoms with E-state index in [0.29, 0.717) is 11.8 Å². The standard InChI is InChI=1S/C13H11F2NO3/c14-8-3-4-9(10(15)6-8)13(18)16-7-11(17)12-2-1-5-19-12/h1-6,11,17H,7H2,(H,16,18). The fourth-order valence-electron chi connectivity index (χ4n) is 1.54. The first-order valence-corrected chi connectivity index (χ1v) is 5.52. The molecule has 0 radical (unpaired) electrons. The summed E-state index contributed by atoms with van der Waals surface area (Å²) in [5.74, 6) is -2.15. The van der Waals surface area contributed by atoms with Crippen LogP contribution in [0.25, 0.3) is 0 Å². The molecule has 0 spiro atoms. The lowest BCUT2D eigenvalue weighted by Gasteiger charge is -2.10. The fraction of sp³-hybridized carbons (Fsp3) is 0.154. The maximum atomic E-state index is 13.3. The van der Waals surface area contributed by atoms with Gasteiger partial charge in [-0.15, -0.1) is 0 Å². The third-order valence-corrected chi connectivity index (χ3v) is 2.50. The van der Waals surface area contributed by atoms with Gasteiger partial charge in [-0.05, 0) is 24.3 Å². The van der Waals surface area contributed by atoms with Crippen molar-refractivity contribution in [3.8, 4) is 0 Å². The Morgan fingerprint density at radius 3 is 2.79 bits per heavy atom. The molecule has 1 amide bonds. The molecule has 0 aliphatic heterocycles. The summed E-state index contributed by atoms with van der Waals surface area (Å²) in [5.41, 5.74) is -0.284. The molecule has 2 aromatic rings. The molecule has 2 rings (SSSR count). The highest BCUT2D eigenvalue weighted by Crippen LogP contribution is 2.13. The van der Waals surface area contributed by atoms with E-state index in [9.17, 15) is 18.7 Å². The average molecular weight is 267 g/mol. The zero-order valence-corrected chi connectivity index (χ0v) is 9.77. The molecule has 1 aromatic heterocycles. The van der Waals surface area contributed by atoms with Gasteiger partial charge in [0.25, 0.3) is 5.91 Å². The van der Waals surface area contributed by atoms with Crippen LogP contribution >= 0.6 is 0 Å². The molecule has 1 aromatic carbocycles. The van der Waals surface area contributed by atoms with Crippen LogP contribution in [0.1, 0.15) is 22.2 Å². The number of rotatable bonds is 4. The Kier molecular flexibility index (Phi) is 3.91. The van der Waals surface area contributed by atoms with E-state index in [-0.39, 0.29) is 12.1 Å². The Hall–Kier alpha value is -2.21. The molecule has 19 heavy (non-hydrogen) atoms. The monoisotopic (exact) mass is 267 g/mol. The van der Waals surface area contributed by atoms with Crippen LogP contribution in [-0.2, 0) is 0 Å². The molecule has 4 nitrogen and oxygen atoms in total. The van der Waals surface area contributed by atoms with Crippen LogP contribution < -0.4 is 5.32 Å². The van der Waals surface area contributed by atoms with E-state index in [1.165, 1.54) is 6.26 Å². The van der Waals surface area contributed by atoms with Crippen LogP contribution in [0.3, 0.4) is 0 Å². The van der Waals surface area contributed by atoms with Gasteiger partial charge in [0.1, 0.15) is 23.5 Å². The SMILES string of the molecule is O=C(NCC(O)c1ccco1)c1ccc(F)cc1F. The average Bonchev–Trinajstić information content (AvgIpc) is 2.89. The van der Waals surface area contributed by atoms with Crippen molar-refractivity contribution in [1.82, 2.24) is 5.32 Å². The number of nitrogens with one attached hydrogen (secondary N) is 1. The van der Waals surface area contributed by atoms with Crippen molar-refractivity contribution < 1.29 is 23.1 Å². The summed E-state index contributed by atoms with van der Waals surface area (Å²) in [6.45, 7) is -0.136. The van der Waals surface area contributed by atoms with Crippen molar-refractivity contribution in [2.45, 2.75) is 6.10 Å². The van der Waals surface area contributed by atoms with Gasteiger partial charge >= 0.3 is 0 Å². The highest BCUT2D eigenvalue weighted by molar-refractivity contribution is 5.94. The highest BCUT2D eigenvalue weighted by atomic mass is 19.1. The number of aliphatic hydroxyl groups is 1. The third kappa shape index (κ3) is 3.17. The summed E-state index contributed by atoms with van der Waals surface area (Å²) in [4.78, 5) is 11.6. The van der Waals surface area contributed by atoms with Gasteiger partial charge in [0, 0.05) is 6.07 Å². The quantitative estimate of drug-likeness (QED) is 0.890. The normalized spacial score (nSPS) is 12.2. The predicted molar refractivity (Wildman–Crippen MR) is 62.4 cm³/mol. The Morgan fingerprint density at radius 1 is 1.37 bits per heavy atom. The van der Waals surface area contributed by atoms with E-state index < -0.39 is 23.6 Å². The second kappa shape index (κ2) is 5.62. The summed E-state index contributed by atoms with van der Waals surface area (Å²) < 4.78 is 31.0. The number of hydrogen-bond acceptors (Lipinski definition) is 3. The van der Waals surface area contributed by atoms with Gasteiger partial charge in [-0.1, -0.05) is 0 Å². The van der Waals surface area contributed by atoms with Crippen LogP contribution in [-0.4, -0.2) is 17.6 Å². The number of benzene rings is 1. The summed E-state index contributed by atoms with van der Waals surface area (Å²) >= 11 is 0. The molecule has 0 saturated carbocycles. The topological polar surface area (TPSA) is 62.5 Å². The summed E-state index contributed by atoms with van der Waals surface area (Å²) in [6, 6.07) is 5.80. The zero-order chi connectivity index (χ0) is 13.8. The van der Waals surface area contributed by atoms with Gasteiger partial charge in [0.2, 0.25) is 0 Å². The summed E-state index contributed by atoms with van der Waals surface area (Å²) in [5, 5.41) is 12.0. The molecule has 0 saturated heterocycles. The van der Waals surface area contributed by atoms with Crippen molar-refractivity contribution in [1.29, 1.82) is 0 Å². The smallest absolute Gasteiger partial charge is 0.254 e. The van der Waals surface area contributed by atoms with Crippen LogP contribution in [0.5, 0.6) is 0 Å². The molecule has 6 heteroatoms. The lowest BCUT2D eigenvalue weighted by atomic mass is 10.2. The van der Waals surface area contributed by atoms with E-state index in [0.717, 1.165) is 12.1 Å². The number of aliphatic hydroxyl groups excluding tert-OH is 1. The van der Waals surface area contributed by atoms with Crippen LogP contribution in [0.2, 0.25) is 0 Å². The van der Waals surface area contributed by atoms with Gasteiger partial charge in [0.05, 0.1) is 18.4 Å². The van der Waals surface area contributed by atoms with Crippen LogP contribution in [0.4, 0.5) is 8.78 Å². The largest absolute Gasteiger partial charge is 0.467 e. The second-order valence-electron chi connectivity index (χ2n) is 3.87. The van der Waals surface area contributed by atoms with Crippen molar-refractivity contribution >= 4 is 5.91 Å². The first kappa shape index (κ1) is 13.2. The zero-order valence-electron chi connectivity index (χ0n) is 9.77. The first-order chi connectivity index (χ1) is 9.08. The minimum absolute atomic E-state index is 0.136. The fourth-order valence-corrected chi connectivity index (χ4v) is 1.54. The Labute approximate surface area is 107 Å². The van der Waals surface area contributed by atoms with Crippen LogP contribution in [0.15, 0.2) is 41.0 Å². The van der Waals surface area contributed by atoms with Crippen molar-refractivity contribution in [2.24, 2.45) is 0 Å². The highest BCUT2D eigenvalue weighted by Gasteiger charge is 2.15. The third-order valence-electron chi connectivity index (χ3n) is 2.50. The molecule has 1 heterocycles. The van der Waals surface area contributed by atoms with E-state index in [1.54, 1.807) is 12.1 Å². The second-order valence-corrected chi connectivity index (χ2v) is 3.87. The molecule has 0 aliphatic carbocycles. The van der Waals surface area contributed by atoms with Crippen molar-refractivity contribution in [3.05, 3.63) is 59.6 Å². The molecular formula is C13H11F2NO3. The lowest BCUT2D eigenvalue weighted by molar-refractivity contribution is 0.0897. The number of amides is 1. The molecule has 100 valence electrons. The van der Waals surface area contributed by atoms with Crippen molar-refractivity contribution in [3.63, 3.8) is 0 Å². The summed E-state index contributed by atoms with van der Waals surface area (Å²) in [7, 11) is 0. The van der Waals surface area contributed by atoms with Gasteiger partial charge in [0.15, 0.2) is 0 Å². The number of hydrogen-bond donors (Lipinski definition) is 2. The maximum Gasteiger partial charge on any atom is 0.254 e. The maximum absolute atomic E-state index is 13.3.